The van der Waals surface area contributed by atoms with Crippen molar-refractivity contribution in [3.63, 3.8) is 0 Å². The van der Waals surface area contributed by atoms with Crippen LogP contribution in [0.3, 0.4) is 0 Å². The van der Waals surface area contributed by atoms with Crippen LogP contribution in [0.15, 0.2) is 30.5 Å². The lowest BCUT2D eigenvalue weighted by Crippen LogP contribution is -2.37. The Morgan fingerprint density at radius 2 is 1.92 bits per heavy atom. The Kier molecular flexibility index (Phi) is 4.90. The van der Waals surface area contributed by atoms with E-state index in [0.717, 1.165) is 48.9 Å². The maximum absolute atomic E-state index is 11.3. The second-order valence-corrected chi connectivity index (χ2v) is 5.58. The number of amides is 2. The van der Waals surface area contributed by atoms with Crippen LogP contribution < -0.4 is 15.5 Å². The van der Waals surface area contributed by atoms with E-state index in [9.17, 15) is 4.79 Å². The highest BCUT2D eigenvalue weighted by atomic mass is 16.5. The first-order chi connectivity index (χ1) is 11.7. The summed E-state index contributed by atoms with van der Waals surface area (Å²) in [5.41, 5.74) is 2.68. The fourth-order valence-corrected chi connectivity index (χ4v) is 2.56. The van der Waals surface area contributed by atoms with Gasteiger partial charge in [0.1, 0.15) is 5.82 Å². The Bertz CT molecular complexity index is 711. The molecule has 2 N–H and O–H groups in total. The van der Waals surface area contributed by atoms with E-state index in [1.807, 2.05) is 37.4 Å². The Balaban J connectivity index is 1.82. The molecule has 1 aromatic carbocycles. The average Bonchev–Trinajstić information content (AvgIpc) is 2.63. The van der Waals surface area contributed by atoms with Gasteiger partial charge in [-0.15, -0.1) is 0 Å². The van der Waals surface area contributed by atoms with Crippen LogP contribution in [0.1, 0.15) is 5.56 Å². The van der Waals surface area contributed by atoms with E-state index < -0.39 is 0 Å². The van der Waals surface area contributed by atoms with Gasteiger partial charge in [0, 0.05) is 43.1 Å². The molecule has 24 heavy (non-hydrogen) atoms. The Hall–Kier alpha value is -2.67. The van der Waals surface area contributed by atoms with Crippen LogP contribution in [0.2, 0.25) is 0 Å². The van der Waals surface area contributed by atoms with Crippen molar-refractivity contribution in [3.8, 4) is 11.4 Å². The van der Waals surface area contributed by atoms with Gasteiger partial charge in [0.05, 0.1) is 13.2 Å². The van der Waals surface area contributed by atoms with E-state index in [0.29, 0.717) is 5.82 Å². The van der Waals surface area contributed by atoms with Gasteiger partial charge in [-0.1, -0.05) is 0 Å². The van der Waals surface area contributed by atoms with Gasteiger partial charge in [0.15, 0.2) is 5.82 Å². The molecule has 0 bridgehead atoms. The Morgan fingerprint density at radius 3 is 2.58 bits per heavy atom. The monoisotopic (exact) mass is 327 g/mol. The molecule has 7 nitrogen and oxygen atoms in total. The number of nitrogens with one attached hydrogen (secondary N) is 2. The van der Waals surface area contributed by atoms with Crippen LogP contribution in [0.25, 0.3) is 11.4 Å². The number of urea groups is 1. The third kappa shape index (κ3) is 3.62. The molecular formula is C17H21N5O2. The lowest BCUT2D eigenvalue weighted by molar-refractivity contribution is 0.122. The quantitative estimate of drug-likeness (QED) is 0.902. The van der Waals surface area contributed by atoms with Gasteiger partial charge in [-0.2, -0.15) is 0 Å². The first-order valence-corrected chi connectivity index (χ1v) is 7.93. The number of morpholine rings is 1. The molecule has 3 rings (SSSR count). The van der Waals surface area contributed by atoms with E-state index in [2.05, 4.69) is 20.5 Å². The SMILES string of the molecule is CNC(=O)Nc1ccc(-c2ncc(C)c(N3CCOCC3)n2)cc1. The predicted octanol–water partition coefficient (Wildman–Crippen LogP) is 2.04. The minimum Gasteiger partial charge on any atom is -0.378 e. The normalized spacial score (nSPS) is 14.3. The van der Waals surface area contributed by atoms with Crippen molar-refractivity contribution in [1.82, 2.24) is 15.3 Å². The smallest absolute Gasteiger partial charge is 0.318 e. The molecule has 1 aromatic heterocycles. The summed E-state index contributed by atoms with van der Waals surface area (Å²) >= 11 is 0. The molecule has 0 spiro atoms. The zero-order chi connectivity index (χ0) is 16.9. The molecule has 1 saturated heterocycles. The molecule has 0 radical (unpaired) electrons. The first kappa shape index (κ1) is 16.2. The fourth-order valence-electron chi connectivity index (χ4n) is 2.56. The average molecular weight is 327 g/mol. The van der Waals surface area contributed by atoms with Crippen molar-refractivity contribution in [1.29, 1.82) is 0 Å². The van der Waals surface area contributed by atoms with Crippen LogP contribution in [-0.2, 0) is 4.74 Å². The number of hydrogen-bond acceptors (Lipinski definition) is 5. The van der Waals surface area contributed by atoms with Crippen molar-refractivity contribution in [2.24, 2.45) is 0 Å². The van der Waals surface area contributed by atoms with Crippen LogP contribution in [-0.4, -0.2) is 49.4 Å². The Morgan fingerprint density at radius 1 is 1.21 bits per heavy atom. The summed E-state index contributed by atoms with van der Waals surface area (Å²) < 4.78 is 5.41. The lowest BCUT2D eigenvalue weighted by Gasteiger charge is -2.29. The van der Waals surface area contributed by atoms with Crippen molar-refractivity contribution < 1.29 is 9.53 Å². The third-order valence-electron chi connectivity index (χ3n) is 3.88. The van der Waals surface area contributed by atoms with Crippen molar-refractivity contribution in [2.75, 3.05) is 43.6 Å². The number of rotatable bonds is 3. The number of aromatic nitrogens is 2. The van der Waals surface area contributed by atoms with Crippen LogP contribution in [0.4, 0.5) is 16.3 Å². The standard InChI is InChI=1S/C17H21N5O2/c1-12-11-19-15(21-16(12)22-7-9-24-10-8-22)13-3-5-14(6-4-13)20-17(23)18-2/h3-6,11H,7-10H2,1-2H3,(H2,18,20,23). The van der Waals surface area contributed by atoms with E-state index >= 15 is 0 Å². The highest BCUT2D eigenvalue weighted by molar-refractivity contribution is 5.89. The summed E-state index contributed by atoms with van der Waals surface area (Å²) in [6.45, 7) is 5.14. The molecule has 0 atom stereocenters. The molecule has 1 aliphatic rings. The summed E-state index contributed by atoms with van der Waals surface area (Å²) in [6, 6.07) is 7.23. The number of hydrogen-bond donors (Lipinski definition) is 2. The van der Waals surface area contributed by atoms with Crippen LogP contribution in [0.5, 0.6) is 0 Å². The molecule has 1 aliphatic heterocycles. The second kappa shape index (κ2) is 7.27. The highest BCUT2D eigenvalue weighted by Crippen LogP contribution is 2.23. The van der Waals surface area contributed by atoms with E-state index in [1.54, 1.807) is 7.05 Å². The van der Waals surface area contributed by atoms with Gasteiger partial charge < -0.3 is 20.3 Å². The van der Waals surface area contributed by atoms with Crippen LogP contribution in [0, 0.1) is 6.92 Å². The third-order valence-corrected chi connectivity index (χ3v) is 3.88. The number of carbonyl (C=O) groups is 1. The minimum absolute atomic E-state index is 0.246. The van der Waals surface area contributed by atoms with Gasteiger partial charge in [0.2, 0.25) is 0 Å². The molecule has 0 aliphatic carbocycles. The van der Waals surface area contributed by atoms with E-state index in [4.69, 9.17) is 9.72 Å². The van der Waals surface area contributed by atoms with Gasteiger partial charge in [-0.3, -0.25) is 0 Å². The summed E-state index contributed by atoms with van der Waals surface area (Å²) in [4.78, 5) is 22.7. The lowest BCUT2D eigenvalue weighted by atomic mass is 10.2. The molecule has 7 heteroatoms. The summed E-state index contributed by atoms with van der Waals surface area (Å²) in [5, 5.41) is 5.25. The van der Waals surface area contributed by atoms with E-state index in [1.165, 1.54) is 0 Å². The molecular weight excluding hydrogens is 306 g/mol. The molecule has 0 saturated carbocycles. The number of anilines is 2. The zero-order valence-corrected chi connectivity index (χ0v) is 13.9. The van der Waals surface area contributed by atoms with Crippen molar-refractivity contribution in [3.05, 3.63) is 36.0 Å². The van der Waals surface area contributed by atoms with Gasteiger partial charge in [-0.05, 0) is 31.2 Å². The molecule has 2 heterocycles. The number of benzene rings is 1. The second-order valence-electron chi connectivity index (χ2n) is 5.58. The summed E-state index contributed by atoms with van der Waals surface area (Å²) in [5.74, 6) is 1.63. The topological polar surface area (TPSA) is 79.4 Å². The maximum Gasteiger partial charge on any atom is 0.318 e. The Labute approximate surface area is 141 Å². The molecule has 2 aromatic rings. The minimum atomic E-state index is -0.246. The maximum atomic E-state index is 11.3. The van der Waals surface area contributed by atoms with Crippen molar-refractivity contribution >= 4 is 17.5 Å². The molecule has 2 amide bonds. The fraction of sp³-hybridized carbons (Fsp3) is 0.353. The number of nitrogens with zero attached hydrogens (tertiary/aromatic N) is 3. The number of aryl methyl sites for hydroxylation is 1. The highest BCUT2D eigenvalue weighted by Gasteiger charge is 2.16. The largest absolute Gasteiger partial charge is 0.378 e. The van der Waals surface area contributed by atoms with Gasteiger partial charge >= 0.3 is 6.03 Å². The predicted molar refractivity (Wildman–Crippen MR) is 93.3 cm³/mol. The summed E-state index contributed by atoms with van der Waals surface area (Å²) in [6.07, 6.45) is 1.85. The van der Waals surface area contributed by atoms with Crippen LogP contribution >= 0.6 is 0 Å². The summed E-state index contributed by atoms with van der Waals surface area (Å²) in [7, 11) is 1.58. The molecule has 126 valence electrons. The molecule has 1 fully saturated rings. The molecule has 0 unspecified atom stereocenters. The van der Waals surface area contributed by atoms with Crippen molar-refractivity contribution in [2.45, 2.75) is 6.92 Å². The first-order valence-electron chi connectivity index (χ1n) is 7.93. The van der Waals surface area contributed by atoms with Gasteiger partial charge in [0.25, 0.3) is 0 Å². The zero-order valence-electron chi connectivity index (χ0n) is 13.9. The van der Waals surface area contributed by atoms with E-state index in [-0.39, 0.29) is 6.03 Å². The van der Waals surface area contributed by atoms with Gasteiger partial charge in [-0.25, -0.2) is 14.8 Å². The number of carbonyl (C=O) groups excluding carboxylic acids is 1. The number of ether oxygens (including phenoxy) is 1.